The van der Waals surface area contributed by atoms with Crippen LogP contribution in [0.1, 0.15) is 6.42 Å². The van der Waals surface area contributed by atoms with Crippen LogP contribution in [-0.2, 0) is 19.1 Å². The SMILES string of the molecule is COC(=O)CNC(=O)[C@H](CCSC)NC(=O)COc1ccc2ccccc2c1. The zero-order chi connectivity index (χ0) is 20.4. The predicted molar refractivity (Wildman–Crippen MR) is 109 cm³/mol. The number of nitrogens with one attached hydrogen (secondary N) is 2. The molecule has 0 saturated carbocycles. The van der Waals surface area contributed by atoms with Crippen LogP contribution in [-0.4, -0.2) is 56.1 Å². The second-order valence-corrected chi connectivity index (χ2v) is 6.98. The van der Waals surface area contributed by atoms with Crippen LogP contribution >= 0.6 is 11.8 Å². The van der Waals surface area contributed by atoms with Gasteiger partial charge in [-0.3, -0.25) is 14.4 Å². The Hall–Kier alpha value is -2.74. The van der Waals surface area contributed by atoms with Crippen molar-refractivity contribution in [3.8, 4) is 5.75 Å². The maximum Gasteiger partial charge on any atom is 0.325 e. The van der Waals surface area contributed by atoms with E-state index in [1.807, 2.05) is 42.7 Å². The van der Waals surface area contributed by atoms with E-state index in [4.69, 9.17) is 4.74 Å². The fraction of sp³-hybridized carbons (Fsp3) is 0.350. The van der Waals surface area contributed by atoms with Gasteiger partial charge in [0.15, 0.2) is 6.61 Å². The highest BCUT2D eigenvalue weighted by atomic mass is 32.2. The van der Waals surface area contributed by atoms with Crippen molar-refractivity contribution < 1.29 is 23.9 Å². The molecule has 0 saturated heterocycles. The summed E-state index contributed by atoms with van der Waals surface area (Å²) in [4.78, 5) is 35.7. The molecule has 0 spiro atoms. The molecule has 28 heavy (non-hydrogen) atoms. The molecular formula is C20H24N2O5S. The molecule has 0 radical (unpaired) electrons. The summed E-state index contributed by atoms with van der Waals surface area (Å²) >= 11 is 1.56. The standard InChI is InChI=1S/C20H24N2O5S/c1-26-19(24)12-21-20(25)17(9-10-28-2)22-18(23)13-27-16-8-7-14-5-3-4-6-15(14)11-16/h3-8,11,17H,9-10,12-13H2,1-2H3,(H,21,25)(H,22,23)/t17-/m0/s1. The Labute approximate surface area is 168 Å². The average molecular weight is 404 g/mol. The summed E-state index contributed by atoms with van der Waals surface area (Å²) in [5.74, 6) is -0.138. The molecule has 0 unspecified atom stereocenters. The molecule has 2 rings (SSSR count). The highest BCUT2D eigenvalue weighted by molar-refractivity contribution is 7.98. The summed E-state index contributed by atoms with van der Waals surface area (Å²) in [7, 11) is 1.24. The number of methoxy groups -OCH3 is 1. The molecule has 0 bridgehead atoms. The second kappa shape index (κ2) is 11.2. The van der Waals surface area contributed by atoms with Gasteiger partial charge in [-0.25, -0.2) is 0 Å². The molecule has 0 aliphatic heterocycles. The smallest absolute Gasteiger partial charge is 0.325 e. The zero-order valence-corrected chi connectivity index (χ0v) is 16.7. The van der Waals surface area contributed by atoms with E-state index in [2.05, 4.69) is 15.4 Å². The van der Waals surface area contributed by atoms with Crippen molar-refractivity contribution in [2.75, 3.05) is 32.3 Å². The third-order valence-corrected chi connectivity index (χ3v) is 4.63. The first-order valence-corrected chi connectivity index (χ1v) is 10.2. The van der Waals surface area contributed by atoms with Gasteiger partial charge in [-0.05, 0) is 41.3 Å². The Balaban J connectivity index is 1.90. The third kappa shape index (κ3) is 6.77. The first kappa shape index (κ1) is 21.6. The zero-order valence-electron chi connectivity index (χ0n) is 15.9. The molecule has 150 valence electrons. The first-order valence-electron chi connectivity index (χ1n) is 8.78. The van der Waals surface area contributed by atoms with Crippen molar-refractivity contribution in [3.63, 3.8) is 0 Å². The highest BCUT2D eigenvalue weighted by Crippen LogP contribution is 2.20. The minimum absolute atomic E-state index is 0.210. The fourth-order valence-electron chi connectivity index (χ4n) is 2.50. The van der Waals surface area contributed by atoms with Crippen LogP contribution in [0.2, 0.25) is 0 Å². The first-order chi connectivity index (χ1) is 13.5. The van der Waals surface area contributed by atoms with E-state index in [0.717, 1.165) is 10.8 Å². The van der Waals surface area contributed by atoms with Crippen LogP contribution in [0, 0.1) is 0 Å². The topological polar surface area (TPSA) is 93.7 Å². The molecule has 0 fully saturated rings. The molecule has 0 heterocycles. The van der Waals surface area contributed by atoms with E-state index < -0.39 is 23.8 Å². The Morgan fingerprint density at radius 1 is 1.11 bits per heavy atom. The Bertz CT molecular complexity index is 827. The summed E-state index contributed by atoms with van der Waals surface area (Å²) in [5.41, 5.74) is 0. The summed E-state index contributed by atoms with van der Waals surface area (Å²) in [5, 5.41) is 7.22. The van der Waals surface area contributed by atoms with Gasteiger partial charge in [0.25, 0.3) is 5.91 Å². The Kier molecular flexibility index (Phi) is 8.61. The van der Waals surface area contributed by atoms with Crippen LogP contribution in [0.5, 0.6) is 5.75 Å². The molecule has 1 atom stereocenters. The van der Waals surface area contributed by atoms with Crippen LogP contribution in [0.25, 0.3) is 10.8 Å². The van der Waals surface area contributed by atoms with Crippen LogP contribution in [0.15, 0.2) is 42.5 Å². The number of carbonyl (C=O) groups is 3. The molecule has 0 aliphatic carbocycles. The monoisotopic (exact) mass is 404 g/mol. The van der Waals surface area contributed by atoms with Crippen LogP contribution < -0.4 is 15.4 Å². The minimum atomic E-state index is -0.746. The van der Waals surface area contributed by atoms with Gasteiger partial charge in [0.1, 0.15) is 18.3 Å². The van der Waals surface area contributed by atoms with Gasteiger partial charge in [0.2, 0.25) is 5.91 Å². The van der Waals surface area contributed by atoms with E-state index in [1.165, 1.54) is 7.11 Å². The number of rotatable bonds is 10. The fourth-order valence-corrected chi connectivity index (χ4v) is 2.97. The van der Waals surface area contributed by atoms with Crippen LogP contribution in [0.4, 0.5) is 0 Å². The normalized spacial score (nSPS) is 11.5. The van der Waals surface area contributed by atoms with Gasteiger partial charge in [-0.15, -0.1) is 0 Å². The molecule has 2 aromatic rings. The number of carbonyl (C=O) groups excluding carboxylic acids is 3. The Morgan fingerprint density at radius 2 is 1.86 bits per heavy atom. The lowest BCUT2D eigenvalue weighted by atomic mass is 10.1. The van der Waals surface area contributed by atoms with Gasteiger partial charge in [0, 0.05) is 0 Å². The van der Waals surface area contributed by atoms with Crippen molar-refractivity contribution in [1.29, 1.82) is 0 Å². The summed E-state index contributed by atoms with van der Waals surface area (Å²) in [6, 6.07) is 12.7. The Morgan fingerprint density at radius 3 is 2.57 bits per heavy atom. The van der Waals surface area contributed by atoms with Gasteiger partial charge in [0.05, 0.1) is 7.11 Å². The molecule has 0 aromatic heterocycles. The van der Waals surface area contributed by atoms with E-state index in [0.29, 0.717) is 17.9 Å². The number of amides is 2. The van der Waals surface area contributed by atoms with Gasteiger partial charge < -0.3 is 20.1 Å². The molecular weight excluding hydrogens is 380 g/mol. The van der Waals surface area contributed by atoms with Crippen LogP contribution in [0.3, 0.4) is 0 Å². The van der Waals surface area contributed by atoms with Gasteiger partial charge in [-0.1, -0.05) is 30.3 Å². The van der Waals surface area contributed by atoms with Gasteiger partial charge in [-0.2, -0.15) is 11.8 Å². The quantitative estimate of drug-likeness (QED) is 0.586. The number of benzene rings is 2. The van der Waals surface area contributed by atoms with Crippen molar-refractivity contribution in [2.24, 2.45) is 0 Å². The van der Waals surface area contributed by atoms with Crippen molar-refractivity contribution in [3.05, 3.63) is 42.5 Å². The van der Waals surface area contributed by atoms with E-state index >= 15 is 0 Å². The molecule has 7 nitrogen and oxygen atoms in total. The maximum absolute atomic E-state index is 12.2. The number of thioether (sulfide) groups is 1. The lowest BCUT2D eigenvalue weighted by molar-refractivity contribution is -0.141. The van der Waals surface area contributed by atoms with E-state index in [-0.39, 0.29) is 13.2 Å². The minimum Gasteiger partial charge on any atom is -0.484 e. The number of hydrogen-bond donors (Lipinski definition) is 2. The predicted octanol–water partition coefficient (Wildman–Crippen LogP) is 1.75. The molecule has 8 heteroatoms. The lowest BCUT2D eigenvalue weighted by Gasteiger charge is -2.18. The largest absolute Gasteiger partial charge is 0.484 e. The van der Waals surface area contributed by atoms with Crippen molar-refractivity contribution in [2.45, 2.75) is 12.5 Å². The summed E-state index contributed by atoms with van der Waals surface area (Å²) < 4.78 is 10.0. The number of fused-ring (bicyclic) bond motifs is 1. The van der Waals surface area contributed by atoms with Crippen molar-refractivity contribution >= 4 is 40.3 Å². The lowest BCUT2D eigenvalue weighted by Crippen LogP contribution is -2.49. The number of hydrogen-bond acceptors (Lipinski definition) is 6. The molecule has 2 aromatic carbocycles. The number of ether oxygens (including phenoxy) is 2. The maximum atomic E-state index is 12.2. The van der Waals surface area contributed by atoms with Crippen molar-refractivity contribution in [1.82, 2.24) is 10.6 Å². The molecule has 0 aliphatic rings. The average Bonchev–Trinajstić information content (AvgIpc) is 2.72. The highest BCUT2D eigenvalue weighted by Gasteiger charge is 2.21. The summed E-state index contributed by atoms with van der Waals surface area (Å²) in [6.07, 6.45) is 2.35. The second-order valence-electron chi connectivity index (χ2n) is 5.99. The van der Waals surface area contributed by atoms with Gasteiger partial charge >= 0.3 is 5.97 Å². The molecule has 2 amide bonds. The number of esters is 1. The third-order valence-electron chi connectivity index (χ3n) is 3.99. The molecule has 2 N–H and O–H groups in total. The van der Waals surface area contributed by atoms with E-state index in [9.17, 15) is 14.4 Å². The summed E-state index contributed by atoms with van der Waals surface area (Å²) in [6.45, 7) is -0.451. The van der Waals surface area contributed by atoms with E-state index in [1.54, 1.807) is 17.8 Å².